The summed E-state index contributed by atoms with van der Waals surface area (Å²) < 4.78 is 0. The molecule has 0 aromatic carbocycles. The Kier molecular flexibility index (Phi) is 3.46. The van der Waals surface area contributed by atoms with Crippen LogP contribution in [0.1, 0.15) is 70.6 Å². The molecular formula is C19H30. The van der Waals surface area contributed by atoms with E-state index in [0.717, 1.165) is 35.5 Å². The fourth-order valence-electron chi connectivity index (χ4n) is 6.26. The molecule has 19 heavy (non-hydrogen) atoms. The molecule has 0 bridgehead atoms. The first-order valence-electron chi connectivity index (χ1n) is 9.08. The molecule has 4 aliphatic rings. The maximum atomic E-state index is 2.56. The third kappa shape index (κ3) is 2.30. The maximum Gasteiger partial charge on any atom is -0.0202 e. The van der Waals surface area contributed by atoms with Crippen molar-refractivity contribution in [3.8, 4) is 0 Å². The summed E-state index contributed by atoms with van der Waals surface area (Å²) in [4.78, 5) is 0. The van der Waals surface area contributed by atoms with Crippen LogP contribution in [0.3, 0.4) is 0 Å². The Morgan fingerprint density at radius 3 is 2.58 bits per heavy atom. The fraction of sp³-hybridized carbons (Fsp3) is 0.895. The van der Waals surface area contributed by atoms with Crippen LogP contribution >= 0.6 is 0 Å². The van der Waals surface area contributed by atoms with Gasteiger partial charge in [0.2, 0.25) is 0 Å². The van der Waals surface area contributed by atoms with E-state index in [0.29, 0.717) is 0 Å². The first-order chi connectivity index (χ1) is 9.42. The Balaban J connectivity index is 1.40. The molecule has 0 spiro atoms. The van der Waals surface area contributed by atoms with Crippen LogP contribution < -0.4 is 0 Å². The number of hydrogen-bond acceptors (Lipinski definition) is 0. The molecule has 6 atom stereocenters. The van der Waals surface area contributed by atoms with Gasteiger partial charge in [-0.3, -0.25) is 0 Å². The van der Waals surface area contributed by atoms with E-state index in [1.54, 1.807) is 38.5 Å². The largest absolute Gasteiger partial charge is 0.0882 e. The van der Waals surface area contributed by atoms with E-state index in [9.17, 15) is 0 Å². The second-order valence-corrected chi connectivity index (χ2v) is 7.95. The van der Waals surface area contributed by atoms with Gasteiger partial charge in [0, 0.05) is 0 Å². The van der Waals surface area contributed by atoms with E-state index in [2.05, 4.69) is 12.2 Å². The van der Waals surface area contributed by atoms with Crippen LogP contribution in [-0.2, 0) is 0 Å². The maximum absolute atomic E-state index is 2.56. The lowest BCUT2D eigenvalue weighted by atomic mass is 9.73. The minimum absolute atomic E-state index is 0.974. The van der Waals surface area contributed by atoms with Crippen LogP contribution in [0.5, 0.6) is 0 Å². The molecule has 6 unspecified atom stereocenters. The molecule has 0 heterocycles. The molecule has 0 amide bonds. The predicted octanol–water partition coefficient (Wildman–Crippen LogP) is 5.59. The van der Waals surface area contributed by atoms with Gasteiger partial charge in [-0.2, -0.15) is 0 Å². The first kappa shape index (κ1) is 12.5. The van der Waals surface area contributed by atoms with E-state index >= 15 is 0 Å². The topological polar surface area (TPSA) is 0 Å². The fourth-order valence-corrected chi connectivity index (χ4v) is 6.26. The van der Waals surface area contributed by atoms with Crippen molar-refractivity contribution in [2.75, 3.05) is 0 Å². The third-order valence-electron chi connectivity index (χ3n) is 7.16. The highest BCUT2D eigenvalue weighted by molar-refractivity contribution is 5.03. The summed E-state index contributed by atoms with van der Waals surface area (Å²) in [7, 11) is 0. The molecular weight excluding hydrogens is 228 g/mol. The lowest BCUT2D eigenvalue weighted by Crippen LogP contribution is -2.23. The molecule has 0 heteroatoms. The van der Waals surface area contributed by atoms with E-state index < -0.39 is 0 Å². The number of allylic oxidation sites excluding steroid dienone is 2. The van der Waals surface area contributed by atoms with E-state index in [4.69, 9.17) is 0 Å². The molecule has 0 aliphatic heterocycles. The summed E-state index contributed by atoms with van der Waals surface area (Å²) in [5.74, 6) is 6.56. The molecule has 3 fully saturated rings. The van der Waals surface area contributed by atoms with Crippen molar-refractivity contribution in [2.24, 2.45) is 35.5 Å². The first-order valence-corrected chi connectivity index (χ1v) is 9.08. The lowest BCUT2D eigenvalue weighted by Gasteiger charge is -2.33. The Morgan fingerprint density at radius 2 is 1.58 bits per heavy atom. The van der Waals surface area contributed by atoms with Crippen molar-refractivity contribution in [1.29, 1.82) is 0 Å². The van der Waals surface area contributed by atoms with Gasteiger partial charge in [0.15, 0.2) is 0 Å². The van der Waals surface area contributed by atoms with Gasteiger partial charge in [0.05, 0.1) is 0 Å². The van der Waals surface area contributed by atoms with Gasteiger partial charge in [-0.25, -0.2) is 0 Å². The van der Waals surface area contributed by atoms with Crippen molar-refractivity contribution in [3.63, 3.8) is 0 Å². The van der Waals surface area contributed by atoms with Gasteiger partial charge in [0.1, 0.15) is 0 Å². The summed E-state index contributed by atoms with van der Waals surface area (Å²) in [6, 6.07) is 0. The third-order valence-corrected chi connectivity index (χ3v) is 7.16. The average molecular weight is 258 g/mol. The zero-order valence-corrected chi connectivity index (χ0v) is 12.4. The Morgan fingerprint density at radius 1 is 0.737 bits per heavy atom. The lowest BCUT2D eigenvalue weighted by molar-refractivity contribution is 0.182. The number of rotatable bonds is 2. The van der Waals surface area contributed by atoms with Gasteiger partial charge < -0.3 is 0 Å². The highest BCUT2D eigenvalue weighted by atomic mass is 14.5. The van der Waals surface area contributed by atoms with Crippen LogP contribution in [0.2, 0.25) is 0 Å². The van der Waals surface area contributed by atoms with Crippen LogP contribution in [-0.4, -0.2) is 0 Å². The SMILES string of the molecule is C1=CC2CCC(CC3CCC4CCCCC43)C2CC1. The highest BCUT2D eigenvalue weighted by Gasteiger charge is 2.42. The quantitative estimate of drug-likeness (QED) is 0.567. The van der Waals surface area contributed by atoms with Gasteiger partial charge in [-0.1, -0.05) is 31.4 Å². The summed E-state index contributed by atoms with van der Waals surface area (Å²) in [5.41, 5.74) is 0. The van der Waals surface area contributed by atoms with Crippen LogP contribution in [0.4, 0.5) is 0 Å². The molecule has 0 nitrogen and oxygen atoms in total. The minimum atomic E-state index is 0.974. The van der Waals surface area contributed by atoms with Gasteiger partial charge in [0.25, 0.3) is 0 Å². The normalized spacial score (nSPS) is 49.1. The zero-order valence-electron chi connectivity index (χ0n) is 12.4. The Labute approximate surface area is 119 Å². The molecule has 0 saturated heterocycles. The van der Waals surface area contributed by atoms with E-state index in [1.165, 1.54) is 32.1 Å². The minimum Gasteiger partial charge on any atom is -0.0882 e. The van der Waals surface area contributed by atoms with Crippen LogP contribution in [0, 0.1) is 35.5 Å². The average Bonchev–Trinajstić information content (AvgIpc) is 3.05. The zero-order chi connectivity index (χ0) is 12.7. The molecule has 0 aromatic rings. The molecule has 3 saturated carbocycles. The van der Waals surface area contributed by atoms with Crippen LogP contribution in [0.15, 0.2) is 12.2 Å². The van der Waals surface area contributed by atoms with Crippen molar-refractivity contribution in [3.05, 3.63) is 12.2 Å². The molecule has 4 aliphatic carbocycles. The monoisotopic (exact) mass is 258 g/mol. The van der Waals surface area contributed by atoms with E-state index in [-0.39, 0.29) is 0 Å². The number of fused-ring (bicyclic) bond motifs is 2. The molecule has 0 radical (unpaired) electrons. The summed E-state index contributed by atoms with van der Waals surface area (Å²) in [5, 5.41) is 0. The second-order valence-electron chi connectivity index (χ2n) is 7.95. The molecule has 4 rings (SSSR count). The summed E-state index contributed by atoms with van der Waals surface area (Å²) >= 11 is 0. The molecule has 106 valence electrons. The number of hydrogen-bond donors (Lipinski definition) is 0. The van der Waals surface area contributed by atoms with Gasteiger partial charge >= 0.3 is 0 Å². The van der Waals surface area contributed by atoms with Gasteiger partial charge in [-0.05, 0) is 86.9 Å². The highest BCUT2D eigenvalue weighted by Crippen LogP contribution is 2.52. The summed E-state index contributed by atoms with van der Waals surface area (Å²) in [6.45, 7) is 0. The van der Waals surface area contributed by atoms with Crippen molar-refractivity contribution in [1.82, 2.24) is 0 Å². The van der Waals surface area contributed by atoms with E-state index in [1.807, 2.05) is 0 Å². The standard InChI is InChI=1S/C19H30/c1-3-7-18-14(5-1)9-11-16(18)13-17-12-10-15-6-2-4-8-19(15)17/h1,5,14-19H,2-4,6-13H2. The van der Waals surface area contributed by atoms with Crippen molar-refractivity contribution < 1.29 is 0 Å². The van der Waals surface area contributed by atoms with Crippen molar-refractivity contribution >= 4 is 0 Å². The molecule has 0 aromatic heterocycles. The van der Waals surface area contributed by atoms with Crippen LogP contribution in [0.25, 0.3) is 0 Å². The summed E-state index contributed by atoms with van der Waals surface area (Å²) in [6.07, 6.45) is 21.9. The molecule has 0 N–H and O–H groups in total. The smallest absolute Gasteiger partial charge is 0.0202 e. The second kappa shape index (κ2) is 5.26. The Hall–Kier alpha value is -0.260. The predicted molar refractivity (Wildman–Crippen MR) is 80.9 cm³/mol. The van der Waals surface area contributed by atoms with Gasteiger partial charge in [-0.15, -0.1) is 0 Å². The van der Waals surface area contributed by atoms with Crippen molar-refractivity contribution in [2.45, 2.75) is 70.6 Å². The Bertz CT molecular complexity index is 342.